The number of carbonyl (C=O) groups is 2. The SMILES string of the molecule is CCC(C(=O)NC(C)C)N(CCc1ccccc1)C(=O)CN(c1ccccc1C(C)C)S(C)(=O)=O. The monoisotopic (exact) mass is 501 g/mol. The maximum Gasteiger partial charge on any atom is 0.244 e. The highest BCUT2D eigenvalue weighted by Crippen LogP contribution is 2.29. The number of amides is 2. The standard InChI is InChI=1S/C27H39N3O4S/c1-7-24(27(32)28-21(4)5)29(18-17-22-13-9-8-10-14-22)26(31)19-30(35(6,33)34)25-16-12-11-15-23(25)20(2)3/h8-16,20-21,24H,7,17-19H2,1-6H3,(H,28,32). The minimum atomic E-state index is -3.76. The molecule has 1 unspecified atom stereocenters. The van der Waals surface area contributed by atoms with Crippen molar-refractivity contribution in [3.05, 3.63) is 65.7 Å². The highest BCUT2D eigenvalue weighted by atomic mass is 32.2. The lowest BCUT2D eigenvalue weighted by Gasteiger charge is -2.33. The minimum Gasteiger partial charge on any atom is -0.352 e. The van der Waals surface area contributed by atoms with E-state index in [0.29, 0.717) is 25.1 Å². The predicted molar refractivity (Wildman–Crippen MR) is 142 cm³/mol. The normalized spacial score (nSPS) is 12.5. The first kappa shape index (κ1) is 28.4. The van der Waals surface area contributed by atoms with Gasteiger partial charge in [0.15, 0.2) is 0 Å². The number of hydrogen-bond donors (Lipinski definition) is 1. The average Bonchev–Trinajstić information content (AvgIpc) is 2.79. The van der Waals surface area contributed by atoms with E-state index in [1.807, 2.05) is 77.1 Å². The van der Waals surface area contributed by atoms with Gasteiger partial charge in [0.05, 0.1) is 11.9 Å². The fraction of sp³-hybridized carbons (Fsp3) is 0.481. The van der Waals surface area contributed by atoms with Crippen LogP contribution in [-0.4, -0.2) is 56.6 Å². The van der Waals surface area contributed by atoms with Crippen molar-refractivity contribution in [2.75, 3.05) is 23.7 Å². The third-order valence-corrected chi connectivity index (χ3v) is 6.93. The van der Waals surface area contributed by atoms with E-state index in [4.69, 9.17) is 0 Å². The zero-order chi connectivity index (χ0) is 26.2. The number of nitrogens with one attached hydrogen (secondary N) is 1. The molecule has 35 heavy (non-hydrogen) atoms. The van der Waals surface area contributed by atoms with Crippen LogP contribution in [0.25, 0.3) is 0 Å². The van der Waals surface area contributed by atoms with Crippen LogP contribution in [0.2, 0.25) is 0 Å². The van der Waals surface area contributed by atoms with Gasteiger partial charge in [0.25, 0.3) is 0 Å². The Kier molecular flexibility index (Phi) is 10.3. The summed E-state index contributed by atoms with van der Waals surface area (Å²) in [5, 5.41) is 2.90. The summed E-state index contributed by atoms with van der Waals surface area (Å²) in [7, 11) is -3.76. The summed E-state index contributed by atoms with van der Waals surface area (Å²) in [5.41, 5.74) is 2.36. The fourth-order valence-electron chi connectivity index (χ4n) is 4.07. The van der Waals surface area contributed by atoms with Crippen molar-refractivity contribution in [2.24, 2.45) is 0 Å². The zero-order valence-electron chi connectivity index (χ0n) is 21.7. The van der Waals surface area contributed by atoms with Crippen LogP contribution < -0.4 is 9.62 Å². The quantitative estimate of drug-likeness (QED) is 0.477. The van der Waals surface area contributed by atoms with Crippen LogP contribution in [0.15, 0.2) is 54.6 Å². The molecule has 0 radical (unpaired) electrons. The maximum atomic E-state index is 13.7. The molecule has 0 aliphatic heterocycles. The number of para-hydroxylation sites is 1. The summed E-state index contributed by atoms with van der Waals surface area (Å²) < 4.78 is 26.8. The number of anilines is 1. The predicted octanol–water partition coefficient (Wildman–Crippen LogP) is 3.95. The third kappa shape index (κ3) is 8.09. The highest BCUT2D eigenvalue weighted by Gasteiger charge is 2.32. The van der Waals surface area contributed by atoms with E-state index >= 15 is 0 Å². The van der Waals surface area contributed by atoms with Crippen LogP contribution in [0.1, 0.15) is 58.1 Å². The molecule has 2 aromatic carbocycles. The number of carbonyl (C=O) groups excluding carboxylic acids is 2. The molecule has 0 heterocycles. The van der Waals surface area contributed by atoms with Gasteiger partial charge in [0, 0.05) is 12.6 Å². The van der Waals surface area contributed by atoms with Crippen molar-refractivity contribution in [3.8, 4) is 0 Å². The maximum absolute atomic E-state index is 13.7. The van der Waals surface area contributed by atoms with Crippen molar-refractivity contribution in [3.63, 3.8) is 0 Å². The molecule has 0 saturated heterocycles. The van der Waals surface area contributed by atoms with Crippen molar-refractivity contribution in [1.82, 2.24) is 10.2 Å². The molecule has 0 fully saturated rings. The van der Waals surface area contributed by atoms with Gasteiger partial charge in [0.1, 0.15) is 12.6 Å². The fourth-order valence-corrected chi connectivity index (χ4v) is 4.94. The van der Waals surface area contributed by atoms with Crippen molar-refractivity contribution in [1.29, 1.82) is 0 Å². The number of sulfonamides is 1. The Morgan fingerprint density at radius 2 is 1.54 bits per heavy atom. The number of nitrogens with zero attached hydrogens (tertiary/aromatic N) is 2. The second-order valence-electron chi connectivity index (χ2n) is 9.39. The van der Waals surface area contributed by atoms with E-state index in [1.165, 1.54) is 4.90 Å². The Morgan fingerprint density at radius 3 is 2.09 bits per heavy atom. The van der Waals surface area contributed by atoms with Crippen molar-refractivity contribution < 1.29 is 18.0 Å². The van der Waals surface area contributed by atoms with Gasteiger partial charge in [-0.2, -0.15) is 0 Å². The van der Waals surface area contributed by atoms with Gasteiger partial charge in [-0.3, -0.25) is 13.9 Å². The lowest BCUT2D eigenvalue weighted by molar-refractivity contribution is -0.139. The van der Waals surface area contributed by atoms with Crippen LogP contribution in [0.5, 0.6) is 0 Å². The molecule has 0 aliphatic rings. The molecule has 0 aliphatic carbocycles. The molecule has 0 bridgehead atoms. The second-order valence-corrected chi connectivity index (χ2v) is 11.3. The Labute approximate surface area is 210 Å². The Bertz CT molecular complexity index is 1080. The molecule has 2 rings (SSSR count). The largest absolute Gasteiger partial charge is 0.352 e. The van der Waals surface area contributed by atoms with Crippen molar-refractivity contribution in [2.45, 2.75) is 65.5 Å². The highest BCUT2D eigenvalue weighted by molar-refractivity contribution is 7.92. The van der Waals surface area contributed by atoms with E-state index < -0.39 is 22.0 Å². The first-order valence-corrected chi connectivity index (χ1v) is 14.0. The van der Waals surface area contributed by atoms with E-state index in [0.717, 1.165) is 21.7 Å². The molecular weight excluding hydrogens is 462 g/mol. The summed E-state index contributed by atoms with van der Waals surface area (Å²) in [6.07, 6.45) is 2.08. The van der Waals surface area contributed by atoms with Crippen LogP contribution in [-0.2, 0) is 26.0 Å². The first-order chi connectivity index (χ1) is 16.5. The molecule has 2 amide bonds. The number of rotatable bonds is 12. The molecule has 1 atom stereocenters. The number of hydrogen-bond acceptors (Lipinski definition) is 4. The van der Waals surface area contributed by atoms with Gasteiger partial charge in [-0.15, -0.1) is 0 Å². The Morgan fingerprint density at radius 1 is 0.943 bits per heavy atom. The van der Waals surface area contributed by atoms with E-state index in [2.05, 4.69) is 5.32 Å². The minimum absolute atomic E-state index is 0.0694. The molecule has 0 saturated carbocycles. The number of benzene rings is 2. The molecule has 2 aromatic rings. The third-order valence-electron chi connectivity index (χ3n) is 5.81. The summed E-state index contributed by atoms with van der Waals surface area (Å²) in [6, 6.07) is 16.2. The van der Waals surface area contributed by atoms with Crippen molar-refractivity contribution >= 4 is 27.5 Å². The molecule has 192 valence electrons. The van der Waals surface area contributed by atoms with E-state index in [1.54, 1.807) is 12.1 Å². The summed E-state index contributed by atoms with van der Waals surface area (Å²) in [5.74, 6) is -0.576. The van der Waals surface area contributed by atoms with Gasteiger partial charge in [-0.1, -0.05) is 69.3 Å². The van der Waals surface area contributed by atoms with E-state index in [-0.39, 0.29) is 24.4 Å². The molecule has 1 N–H and O–H groups in total. The van der Waals surface area contributed by atoms with Crippen LogP contribution >= 0.6 is 0 Å². The van der Waals surface area contributed by atoms with Gasteiger partial charge in [0.2, 0.25) is 21.8 Å². The van der Waals surface area contributed by atoms with Crippen LogP contribution in [0, 0.1) is 0 Å². The summed E-state index contributed by atoms with van der Waals surface area (Å²) in [6.45, 7) is 9.49. The summed E-state index contributed by atoms with van der Waals surface area (Å²) in [4.78, 5) is 28.2. The molecule has 0 aromatic heterocycles. The molecule has 0 spiro atoms. The smallest absolute Gasteiger partial charge is 0.244 e. The van der Waals surface area contributed by atoms with Crippen LogP contribution in [0.4, 0.5) is 5.69 Å². The molecule has 7 nitrogen and oxygen atoms in total. The van der Waals surface area contributed by atoms with E-state index in [9.17, 15) is 18.0 Å². The van der Waals surface area contributed by atoms with Gasteiger partial charge in [-0.05, 0) is 49.8 Å². The van der Waals surface area contributed by atoms with Gasteiger partial charge in [-0.25, -0.2) is 8.42 Å². The molecule has 8 heteroatoms. The second kappa shape index (κ2) is 12.7. The van der Waals surface area contributed by atoms with Gasteiger partial charge >= 0.3 is 0 Å². The molecular formula is C27H39N3O4S. The summed E-state index contributed by atoms with van der Waals surface area (Å²) >= 11 is 0. The average molecular weight is 502 g/mol. The Balaban J connectivity index is 2.43. The lowest BCUT2D eigenvalue weighted by atomic mass is 10.0. The Hall–Kier alpha value is -2.87. The first-order valence-electron chi connectivity index (χ1n) is 12.2. The van der Waals surface area contributed by atoms with Gasteiger partial charge < -0.3 is 10.2 Å². The lowest BCUT2D eigenvalue weighted by Crippen LogP contribution is -2.54. The zero-order valence-corrected chi connectivity index (χ0v) is 22.5. The topological polar surface area (TPSA) is 86.8 Å². The van der Waals surface area contributed by atoms with Crippen LogP contribution in [0.3, 0.4) is 0 Å².